The van der Waals surface area contributed by atoms with E-state index in [0.717, 1.165) is 34.1 Å². The van der Waals surface area contributed by atoms with E-state index in [2.05, 4.69) is 359 Å². The second kappa shape index (κ2) is 20.5. The van der Waals surface area contributed by atoms with Crippen LogP contribution in [0.4, 0.5) is 34.1 Å². The predicted octanol–water partition coefficient (Wildman–Crippen LogP) is 25.9. The Morgan fingerprint density at radius 3 is 0.948 bits per heavy atom. The topological polar surface area (TPSA) is 6.48 Å². The zero-order valence-electron chi connectivity index (χ0n) is 56.9. The first-order valence-corrected chi connectivity index (χ1v) is 34.5. The van der Waals surface area contributed by atoms with Gasteiger partial charge in [0.15, 0.2) is 0 Å². The predicted molar refractivity (Wildman–Crippen MR) is 408 cm³/mol. The van der Waals surface area contributed by atoms with Crippen LogP contribution in [0, 0.1) is 0 Å². The van der Waals surface area contributed by atoms with E-state index in [1.165, 1.54) is 149 Å². The van der Waals surface area contributed by atoms with Gasteiger partial charge in [0, 0.05) is 55.8 Å². The van der Waals surface area contributed by atoms with E-state index in [1.54, 1.807) is 0 Å². The Kier molecular flexibility index (Phi) is 12.4. The molecule has 0 spiro atoms. The maximum atomic E-state index is 2.55. The Bertz CT molecular complexity index is 5640. The second-order valence-corrected chi connectivity index (χ2v) is 30.9. The van der Waals surface area contributed by atoms with Crippen molar-refractivity contribution in [3.05, 3.63) is 323 Å². The summed E-state index contributed by atoms with van der Waals surface area (Å²) in [6.07, 6.45) is 0. The zero-order chi connectivity index (χ0) is 65.5. The molecule has 0 radical (unpaired) electrons. The molecule has 0 amide bonds. The molecule has 0 heterocycles. The Hall–Kier alpha value is -10.5. The number of rotatable bonds is 8. The fraction of sp³-hybridized carbons (Fsp3) is 0.170. The van der Waals surface area contributed by atoms with Crippen LogP contribution in [0.1, 0.15) is 126 Å². The molecule has 14 aromatic carbocycles. The molecule has 0 saturated carbocycles. The number of hydrogen-bond acceptors (Lipinski definition) is 2. The molecule has 464 valence electrons. The lowest BCUT2D eigenvalue weighted by Gasteiger charge is -2.30. The molecule has 2 nitrogen and oxygen atoms in total. The average molecular weight is 1240 g/mol. The molecular weight excluding hydrogens is 1160 g/mol. The van der Waals surface area contributed by atoms with Crippen LogP contribution in [-0.2, 0) is 27.1 Å². The Morgan fingerprint density at radius 2 is 0.531 bits per heavy atom. The van der Waals surface area contributed by atoms with Crippen molar-refractivity contribution < 1.29 is 0 Å². The molecule has 0 aliphatic heterocycles. The molecule has 0 bridgehead atoms. The quantitative estimate of drug-likeness (QED) is 0.140. The summed E-state index contributed by atoms with van der Waals surface area (Å²) in [7, 11) is 0. The smallest absolute Gasteiger partial charge is 0.0468 e. The Labute approximate surface area is 565 Å². The molecule has 0 aromatic heterocycles. The number of benzene rings is 14. The van der Waals surface area contributed by atoms with Gasteiger partial charge in [0.2, 0.25) is 0 Å². The summed E-state index contributed by atoms with van der Waals surface area (Å²) in [5.74, 6) is 0. The van der Waals surface area contributed by atoms with Crippen molar-refractivity contribution in [3.8, 4) is 66.8 Å². The van der Waals surface area contributed by atoms with Gasteiger partial charge in [0.1, 0.15) is 0 Å². The summed E-state index contributed by atoms with van der Waals surface area (Å²) in [4.78, 5) is 5.05. The molecule has 2 heteroatoms. The molecule has 4 aliphatic carbocycles. The van der Waals surface area contributed by atoms with Gasteiger partial charge in [-0.1, -0.05) is 264 Å². The lowest BCUT2D eigenvalue weighted by molar-refractivity contribution is 0.590. The van der Waals surface area contributed by atoms with Crippen LogP contribution < -0.4 is 9.80 Å². The first-order valence-electron chi connectivity index (χ1n) is 34.5. The molecule has 0 N–H and O–H groups in total. The summed E-state index contributed by atoms with van der Waals surface area (Å²) in [6.45, 7) is 26.2. The molecule has 18 rings (SSSR count). The first kappa shape index (κ1) is 58.1. The summed E-state index contributed by atoms with van der Waals surface area (Å²) in [5.41, 5.74) is 33.4. The van der Waals surface area contributed by atoms with Gasteiger partial charge < -0.3 is 9.80 Å². The van der Waals surface area contributed by atoms with Gasteiger partial charge in [0.05, 0.1) is 0 Å². The molecule has 96 heavy (non-hydrogen) atoms. The van der Waals surface area contributed by atoms with Gasteiger partial charge in [-0.2, -0.15) is 0 Å². The standard InChI is InChI=1S/C94H78N2/c1-90(2,3)61-35-38-62(39-36-61)95(66-40-46-74-70-26-16-20-30-82(70)93(8,9)86(74)55-66)64-42-48-76-78(53-64)88(59-33-44-72-68-24-14-18-28-80(68)91(4,5)84(72)51-59)77-49-43-65(54-79(77)89(76)60-34-45-73-69-25-15-19-29-81(69)92(6,7)85(73)52-60)96(63-37-32-57-22-12-13-23-58(57)50-63)67-41-47-75-71-27-17-21-31-83(71)94(10,11)87(75)56-67/h12-56H,1-11H3. The third kappa shape index (κ3) is 8.43. The monoisotopic (exact) mass is 1230 g/mol. The van der Waals surface area contributed by atoms with Crippen molar-refractivity contribution in [1.82, 2.24) is 0 Å². The van der Waals surface area contributed by atoms with E-state index in [0.29, 0.717) is 0 Å². The van der Waals surface area contributed by atoms with E-state index >= 15 is 0 Å². The number of anilines is 6. The average Bonchev–Trinajstić information content (AvgIpc) is 1.21. The Morgan fingerprint density at radius 1 is 0.229 bits per heavy atom. The minimum atomic E-state index is -0.219. The summed E-state index contributed by atoms with van der Waals surface area (Å²) < 4.78 is 0. The highest BCUT2D eigenvalue weighted by molar-refractivity contribution is 6.23. The number of fused-ring (bicyclic) bond motifs is 15. The van der Waals surface area contributed by atoms with Crippen LogP contribution in [0.2, 0.25) is 0 Å². The van der Waals surface area contributed by atoms with E-state index in [9.17, 15) is 0 Å². The Balaban J connectivity index is 0.939. The minimum Gasteiger partial charge on any atom is -0.310 e. The maximum Gasteiger partial charge on any atom is 0.0468 e. The van der Waals surface area contributed by atoms with Gasteiger partial charge in [-0.25, -0.2) is 0 Å². The van der Waals surface area contributed by atoms with Crippen LogP contribution in [0.25, 0.3) is 99.1 Å². The van der Waals surface area contributed by atoms with Crippen molar-refractivity contribution in [3.63, 3.8) is 0 Å². The molecule has 0 fully saturated rings. The molecule has 0 unspecified atom stereocenters. The molecular formula is C94H78N2. The van der Waals surface area contributed by atoms with Crippen molar-refractivity contribution >= 4 is 66.4 Å². The highest BCUT2D eigenvalue weighted by Crippen LogP contribution is 2.58. The molecule has 0 atom stereocenters. The highest BCUT2D eigenvalue weighted by atomic mass is 15.1. The van der Waals surface area contributed by atoms with Crippen LogP contribution in [0.5, 0.6) is 0 Å². The van der Waals surface area contributed by atoms with Crippen molar-refractivity contribution in [2.75, 3.05) is 9.80 Å². The van der Waals surface area contributed by atoms with Crippen molar-refractivity contribution in [2.45, 2.75) is 103 Å². The third-order valence-electron chi connectivity index (χ3n) is 23.0. The lowest BCUT2D eigenvalue weighted by atomic mass is 9.79. The van der Waals surface area contributed by atoms with Gasteiger partial charge in [0.25, 0.3) is 0 Å². The van der Waals surface area contributed by atoms with Crippen molar-refractivity contribution in [2.24, 2.45) is 0 Å². The lowest BCUT2D eigenvalue weighted by Crippen LogP contribution is -2.17. The SMILES string of the molecule is CC(C)(C)c1ccc(N(c2ccc3c(c2)C(C)(C)c2ccccc2-3)c2ccc3c(-c4ccc5c(c4)C(C)(C)c4ccccc4-5)c4cc(N(c5ccc6c(c5)C(C)(C)c5ccccc5-6)c5ccc6ccccc6c5)ccc4c(-c4ccc5c(c4)C(C)(C)c4ccccc4-5)c3c2)cc1. The van der Waals surface area contributed by atoms with Gasteiger partial charge in [-0.3, -0.25) is 0 Å². The first-order chi connectivity index (χ1) is 46.2. The zero-order valence-corrected chi connectivity index (χ0v) is 56.9. The molecule has 4 aliphatic rings. The summed E-state index contributed by atoms with van der Waals surface area (Å²) in [6, 6.07) is 105. The van der Waals surface area contributed by atoms with Crippen LogP contribution in [0.3, 0.4) is 0 Å². The largest absolute Gasteiger partial charge is 0.310 e. The summed E-state index contributed by atoms with van der Waals surface area (Å²) >= 11 is 0. The third-order valence-corrected chi connectivity index (χ3v) is 23.0. The van der Waals surface area contributed by atoms with E-state index in [1.807, 2.05) is 0 Å². The number of nitrogens with zero attached hydrogens (tertiary/aromatic N) is 2. The molecule has 0 saturated heterocycles. The van der Waals surface area contributed by atoms with Gasteiger partial charge in [-0.05, 0) is 239 Å². The van der Waals surface area contributed by atoms with Crippen molar-refractivity contribution in [1.29, 1.82) is 0 Å². The fourth-order valence-electron chi connectivity index (χ4n) is 17.8. The van der Waals surface area contributed by atoms with Crippen LogP contribution >= 0.6 is 0 Å². The highest BCUT2D eigenvalue weighted by Gasteiger charge is 2.40. The van der Waals surface area contributed by atoms with Crippen LogP contribution in [-0.4, -0.2) is 0 Å². The van der Waals surface area contributed by atoms with E-state index in [4.69, 9.17) is 0 Å². The van der Waals surface area contributed by atoms with E-state index < -0.39 is 0 Å². The second-order valence-electron chi connectivity index (χ2n) is 30.9. The minimum absolute atomic E-state index is 0.0135. The fourth-order valence-corrected chi connectivity index (χ4v) is 17.8. The van der Waals surface area contributed by atoms with Gasteiger partial charge >= 0.3 is 0 Å². The maximum absolute atomic E-state index is 2.55. The normalized spacial score (nSPS) is 15.2. The van der Waals surface area contributed by atoms with Gasteiger partial charge in [-0.15, -0.1) is 0 Å². The van der Waals surface area contributed by atoms with E-state index in [-0.39, 0.29) is 27.1 Å². The summed E-state index contributed by atoms with van der Waals surface area (Å²) in [5, 5.41) is 7.24. The molecule has 14 aromatic rings. The number of hydrogen-bond donors (Lipinski definition) is 0. The van der Waals surface area contributed by atoms with Crippen LogP contribution in [0.15, 0.2) is 273 Å².